The monoisotopic (exact) mass is 358 g/mol. The number of nitrogens with zero attached hydrogens (tertiary/aromatic N) is 1. The molecule has 2 rings (SSSR count). The van der Waals surface area contributed by atoms with Crippen LogP contribution >= 0.6 is 0 Å². The molecule has 0 saturated carbocycles. The van der Waals surface area contributed by atoms with E-state index in [4.69, 9.17) is 10.00 Å². The molecule has 0 atom stereocenters. The van der Waals surface area contributed by atoms with E-state index >= 15 is 0 Å². The molecular formula is C18H18N2O4S. The lowest BCUT2D eigenvalue weighted by Crippen LogP contribution is -2.20. The maximum absolute atomic E-state index is 12.5. The number of nitrogens with one attached hydrogen (secondary N) is 1. The molecule has 1 amide bonds. The molecule has 0 saturated heterocycles. The fraction of sp³-hybridized carbons (Fsp3) is 0.222. The van der Waals surface area contributed by atoms with Crippen LogP contribution in [0.5, 0.6) is 5.75 Å². The van der Waals surface area contributed by atoms with Crippen LogP contribution in [-0.4, -0.2) is 26.2 Å². The summed E-state index contributed by atoms with van der Waals surface area (Å²) in [5.41, 5.74) is 0.590. The Morgan fingerprint density at radius 3 is 2.40 bits per heavy atom. The van der Waals surface area contributed by atoms with Gasteiger partial charge in [-0.25, -0.2) is 8.42 Å². The second-order valence-corrected chi connectivity index (χ2v) is 7.99. The lowest BCUT2D eigenvalue weighted by molar-refractivity contribution is 0.102. The van der Waals surface area contributed by atoms with Gasteiger partial charge in [0.1, 0.15) is 11.8 Å². The number of benzene rings is 2. The summed E-state index contributed by atoms with van der Waals surface area (Å²) in [4.78, 5) is 12.5. The molecule has 7 heteroatoms. The molecule has 25 heavy (non-hydrogen) atoms. The van der Waals surface area contributed by atoms with Gasteiger partial charge in [-0.1, -0.05) is 12.1 Å². The minimum Gasteiger partial charge on any atom is -0.479 e. The molecule has 1 N–H and O–H groups in total. The van der Waals surface area contributed by atoms with E-state index in [-0.39, 0.29) is 17.1 Å². The maximum atomic E-state index is 12.5. The molecule has 0 aromatic heterocycles. The van der Waals surface area contributed by atoms with Crippen molar-refractivity contribution >= 4 is 21.4 Å². The summed E-state index contributed by atoms with van der Waals surface area (Å²) in [7, 11) is -3.57. The van der Waals surface area contributed by atoms with Crippen LogP contribution in [0.3, 0.4) is 0 Å². The van der Waals surface area contributed by atoms with Crippen molar-refractivity contribution in [2.75, 3.05) is 11.9 Å². The zero-order chi connectivity index (χ0) is 18.4. The van der Waals surface area contributed by atoms with Gasteiger partial charge in [-0.05, 0) is 50.2 Å². The van der Waals surface area contributed by atoms with Crippen LogP contribution in [0.25, 0.3) is 0 Å². The van der Waals surface area contributed by atoms with E-state index in [1.165, 1.54) is 12.1 Å². The lowest BCUT2D eigenvalue weighted by Gasteiger charge is -2.13. The Morgan fingerprint density at radius 1 is 1.16 bits per heavy atom. The van der Waals surface area contributed by atoms with Crippen molar-refractivity contribution in [3.63, 3.8) is 0 Å². The molecule has 0 heterocycles. The van der Waals surface area contributed by atoms with Gasteiger partial charge in [-0.2, -0.15) is 5.26 Å². The van der Waals surface area contributed by atoms with Crippen molar-refractivity contribution in [2.24, 2.45) is 0 Å². The molecule has 6 nitrogen and oxygen atoms in total. The SMILES string of the molecule is CC(C)S(=O)(=O)c1ccccc1C(=O)Nc1ccc(OCC#N)cc1. The molecule has 0 bridgehead atoms. The molecule has 2 aromatic rings. The summed E-state index contributed by atoms with van der Waals surface area (Å²) in [5.74, 6) is -0.00662. The number of amides is 1. The van der Waals surface area contributed by atoms with E-state index in [9.17, 15) is 13.2 Å². The number of carbonyl (C=O) groups excluding carboxylic acids is 1. The minimum absolute atomic E-state index is 0.0106. The predicted molar refractivity (Wildman–Crippen MR) is 94.3 cm³/mol. The third kappa shape index (κ3) is 4.37. The van der Waals surface area contributed by atoms with E-state index in [0.29, 0.717) is 11.4 Å². The number of nitriles is 1. The summed E-state index contributed by atoms with van der Waals surface area (Å²) >= 11 is 0. The maximum Gasteiger partial charge on any atom is 0.256 e. The highest BCUT2D eigenvalue weighted by molar-refractivity contribution is 7.92. The van der Waals surface area contributed by atoms with Crippen LogP contribution in [-0.2, 0) is 9.84 Å². The fourth-order valence-corrected chi connectivity index (χ4v) is 3.35. The second-order valence-electron chi connectivity index (χ2n) is 5.52. The van der Waals surface area contributed by atoms with Crippen molar-refractivity contribution in [3.8, 4) is 11.8 Å². The van der Waals surface area contributed by atoms with Gasteiger partial charge >= 0.3 is 0 Å². The number of carbonyl (C=O) groups is 1. The summed E-state index contributed by atoms with van der Waals surface area (Å²) < 4.78 is 30.0. The van der Waals surface area contributed by atoms with Gasteiger partial charge in [0.25, 0.3) is 5.91 Å². The van der Waals surface area contributed by atoms with E-state index in [1.54, 1.807) is 50.2 Å². The number of sulfone groups is 1. The van der Waals surface area contributed by atoms with E-state index in [1.807, 2.05) is 6.07 Å². The van der Waals surface area contributed by atoms with Crippen LogP contribution in [0.15, 0.2) is 53.4 Å². The van der Waals surface area contributed by atoms with Gasteiger partial charge in [-0.15, -0.1) is 0 Å². The third-order valence-corrected chi connectivity index (χ3v) is 5.68. The van der Waals surface area contributed by atoms with E-state index in [0.717, 1.165) is 0 Å². The van der Waals surface area contributed by atoms with Crippen molar-refractivity contribution in [1.82, 2.24) is 0 Å². The number of anilines is 1. The zero-order valence-electron chi connectivity index (χ0n) is 13.9. The van der Waals surface area contributed by atoms with Gasteiger partial charge in [0.05, 0.1) is 15.7 Å². The zero-order valence-corrected chi connectivity index (χ0v) is 14.7. The quantitative estimate of drug-likeness (QED) is 0.856. The fourth-order valence-electron chi connectivity index (χ4n) is 2.10. The Bertz CT molecular complexity index is 897. The molecule has 0 fully saturated rings. The summed E-state index contributed by atoms with van der Waals surface area (Å²) in [6.45, 7) is 3.08. The summed E-state index contributed by atoms with van der Waals surface area (Å²) in [5, 5.41) is 10.5. The first-order chi connectivity index (χ1) is 11.9. The van der Waals surface area contributed by atoms with Crippen LogP contribution in [0.2, 0.25) is 0 Å². The lowest BCUT2D eigenvalue weighted by atomic mass is 10.2. The Hall–Kier alpha value is -2.85. The molecule has 0 spiro atoms. The van der Waals surface area contributed by atoms with Crippen LogP contribution in [0, 0.1) is 11.3 Å². The Balaban J connectivity index is 2.24. The highest BCUT2D eigenvalue weighted by Crippen LogP contribution is 2.22. The number of ether oxygens (including phenoxy) is 1. The summed E-state index contributed by atoms with van der Waals surface area (Å²) in [6.07, 6.45) is 0. The van der Waals surface area contributed by atoms with Crippen molar-refractivity contribution < 1.29 is 17.9 Å². The van der Waals surface area contributed by atoms with Gasteiger partial charge in [0.15, 0.2) is 16.4 Å². The van der Waals surface area contributed by atoms with Crippen LogP contribution in [0.4, 0.5) is 5.69 Å². The largest absolute Gasteiger partial charge is 0.479 e. The summed E-state index contributed by atoms with van der Waals surface area (Å²) in [6, 6.07) is 14.4. The number of hydrogen-bond donors (Lipinski definition) is 1. The highest BCUT2D eigenvalue weighted by atomic mass is 32.2. The Labute approximate surface area is 147 Å². The van der Waals surface area contributed by atoms with Crippen LogP contribution < -0.4 is 10.1 Å². The molecule has 0 aliphatic carbocycles. The molecule has 130 valence electrons. The third-order valence-electron chi connectivity index (χ3n) is 3.47. The van der Waals surface area contributed by atoms with Gasteiger partial charge < -0.3 is 10.1 Å². The normalized spacial score (nSPS) is 11.0. The topological polar surface area (TPSA) is 96.3 Å². The first kappa shape index (κ1) is 18.5. The number of hydrogen-bond acceptors (Lipinski definition) is 5. The van der Waals surface area contributed by atoms with E-state index < -0.39 is 21.0 Å². The smallest absolute Gasteiger partial charge is 0.256 e. The first-order valence-corrected chi connectivity index (χ1v) is 9.15. The van der Waals surface area contributed by atoms with Crippen molar-refractivity contribution in [2.45, 2.75) is 24.0 Å². The van der Waals surface area contributed by atoms with E-state index in [2.05, 4.69) is 5.32 Å². The number of rotatable bonds is 6. The Kier molecular flexibility index (Phi) is 5.78. The van der Waals surface area contributed by atoms with Crippen LogP contribution in [0.1, 0.15) is 24.2 Å². The minimum atomic E-state index is -3.57. The predicted octanol–water partition coefficient (Wildman–Crippen LogP) is 3.02. The molecule has 0 aliphatic rings. The molecular weight excluding hydrogens is 340 g/mol. The van der Waals surface area contributed by atoms with Gasteiger partial charge in [0.2, 0.25) is 0 Å². The molecule has 0 unspecified atom stereocenters. The first-order valence-electron chi connectivity index (χ1n) is 7.60. The molecule has 0 radical (unpaired) electrons. The Morgan fingerprint density at radius 2 is 1.80 bits per heavy atom. The van der Waals surface area contributed by atoms with Crippen molar-refractivity contribution in [1.29, 1.82) is 5.26 Å². The van der Waals surface area contributed by atoms with Gasteiger partial charge in [-0.3, -0.25) is 4.79 Å². The average Bonchev–Trinajstić information content (AvgIpc) is 2.61. The highest BCUT2D eigenvalue weighted by Gasteiger charge is 2.25. The molecule has 0 aliphatic heterocycles. The van der Waals surface area contributed by atoms with Crippen molar-refractivity contribution in [3.05, 3.63) is 54.1 Å². The van der Waals surface area contributed by atoms with Gasteiger partial charge in [0, 0.05) is 5.69 Å². The molecule has 2 aromatic carbocycles. The average molecular weight is 358 g/mol. The second kappa shape index (κ2) is 7.81. The standard InChI is InChI=1S/C18H18N2O4S/c1-13(2)25(22,23)17-6-4-3-5-16(17)18(21)20-14-7-9-15(10-8-14)24-12-11-19/h3-10,13H,12H2,1-2H3,(H,20,21).